The van der Waals surface area contributed by atoms with Crippen molar-refractivity contribution < 1.29 is 23.9 Å². The molecule has 0 radical (unpaired) electrons. The first-order valence-electron chi connectivity index (χ1n) is 9.27. The van der Waals surface area contributed by atoms with Crippen LogP contribution in [0.2, 0.25) is 5.02 Å². The van der Waals surface area contributed by atoms with Gasteiger partial charge < -0.3 is 20.1 Å². The summed E-state index contributed by atoms with van der Waals surface area (Å²) in [5.74, 6) is -0.320. The Kier molecular flexibility index (Phi) is 7.24. The quantitative estimate of drug-likeness (QED) is 0.417. The summed E-state index contributed by atoms with van der Waals surface area (Å²) in [6.07, 6.45) is 0. The number of rotatable bonds is 7. The minimum absolute atomic E-state index is 0.154. The van der Waals surface area contributed by atoms with Gasteiger partial charge in [-0.1, -0.05) is 17.7 Å². The highest BCUT2D eigenvalue weighted by atomic mass is 35.5. The van der Waals surface area contributed by atoms with E-state index in [9.17, 15) is 14.4 Å². The number of carbonyl (C=O) groups excluding carboxylic acids is 3. The predicted molar refractivity (Wildman–Crippen MR) is 118 cm³/mol. The highest BCUT2D eigenvalue weighted by Crippen LogP contribution is 2.18. The maximum Gasteiger partial charge on any atom is 0.308 e. The van der Waals surface area contributed by atoms with Gasteiger partial charge in [-0.25, -0.2) is 0 Å². The first kappa shape index (κ1) is 21.9. The van der Waals surface area contributed by atoms with E-state index in [4.69, 9.17) is 21.1 Å². The fourth-order valence-electron chi connectivity index (χ4n) is 2.58. The van der Waals surface area contributed by atoms with Gasteiger partial charge in [0.05, 0.1) is 0 Å². The summed E-state index contributed by atoms with van der Waals surface area (Å²) in [6, 6.07) is 19.6. The van der Waals surface area contributed by atoms with Crippen molar-refractivity contribution in [1.82, 2.24) is 0 Å². The van der Waals surface area contributed by atoms with E-state index in [0.29, 0.717) is 33.5 Å². The van der Waals surface area contributed by atoms with Crippen LogP contribution in [0.25, 0.3) is 0 Å². The topological polar surface area (TPSA) is 93.7 Å². The molecule has 0 bridgehead atoms. The molecule has 0 aromatic heterocycles. The number of anilines is 2. The molecular weight excluding hydrogens is 420 g/mol. The number of esters is 1. The number of hydrogen-bond acceptors (Lipinski definition) is 5. The zero-order valence-electron chi connectivity index (χ0n) is 16.6. The molecule has 0 heterocycles. The van der Waals surface area contributed by atoms with Crippen LogP contribution in [-0.2, 0) is 9.59 Å². The molecule has 0 aliphatic carbocycles. The van der Waals surface area contributed by atoms with Crippen molar-refractivity contribution in [2.75, 3.05) is 17.2 Å². The van der Waals surface area contributed by atoms with E-state index in [1.807, 2.05) is 0 Å². The smallest absolute Gasteiger partial charge is 0.308 e. The van der Waals surface area contributed by atoms with Crippen molar-refractivity contribution in [3.05, 3.63) is 83.4 Å². The maximum absolute atomic E-state index is 12.4. The Morgan fingerprint density at radius 3 is 2.13 bits per heavy atom. The average Bonchev–Trinajstić information content (AvgIpc) is 2.74. The van der Waals surface area contributed by atoms with Crippen LogP contribution in [0.3, 0.4) is 0 Å². The van der Waals surface area contributed by atoms with Gasteiger partial charge in [0.1, 0.15) is 11.5 Å². The van der Waals surface area contributed by atoms with Crippen LogP contribution in [0.15, 0.2) is 72.8 Å². The maximum atomic E-state index is 12.4. The summed E-state index contributed by atoms with van der Waals surface area (Å²) in [7, 11) is 0. The van der Waals surface area contributed by atoms with Gasteiger partial charge >= 0.3 is 5.97 Å². The van der Waals surface area contributed by atoms with Crippen LogP contribution in [0.5, 0.6) is 11.5 Å². The second-order valence-electron chi connectivity index (χ2n) is 6.44. The molecule has 0 atom stereocenters. The van der Waals surface area contributed by atoms with E-state index in [1.54, 1.807) is 66.7 Å². The van der Waals surface area contributed by atoms with Crippen LogP contribution >= 0.6 is 11.6 Å². The molecule has 0 unspecified atom stereocenters. The Morgan fingerprint density at radius 1 is 0.839 bits per heavy atom. The minimum atomic E-state index is -0.464. The number of hydrogen-bond donors (Lipinski definition) is 2. The molecule has 0 aliphatic heterocycles. The van der Waals surface area contributed by atoms with Gasteiger partial charge in [0.25, 0.3) is 11.8 Å². The van der Waals surface area contributed by atoms with Gasteiger partial charge in [-0.2, -0.15) is 0 Å². The summed E-state index contributed by atoms with van der Waals surface area (Å²) in [5, 5.41) is 6.04. The fourth-order valence-corrected chi connectivity index (χ4v) is 2.71. The van der Waals surface area contributed by atoms with Crippen molar-refractivity contribution >= 4 is 40.8 Å². The lowest BCUT2D eigenvalue weighted by Crippen LogP contribution is -2.20. The predicted octanol–water partition coefficient (Wildman–Crippen LogP) is 4.54. The molecule has 0 fully saturated rings. The number of amides is 2. The first-order valence-corrected chi connectivity index (χ1v) is 9.65. The average molecular weight is 439 g/mol. The Balaban J connectivity index is 1.52. The van der Waals surface area contributed by atoms with Crippen molar-refractivity contribution in [3.8, 4) is 11.5 Å². The van der Waals surface area contributed by atoms with Crippen LogP contribution in [0.1, 0.15) is 17.3 Å². The molecule has 3 aromatic rings. The molecule has 0 saturated heterocycles. The molecule has 2 amide bonds. The zero-order valence-corrected chi connectivity index (χ0v) is 17.3. The van der Waals surface area contributed by atoms with Gasteiger partial charge in [-0.15, -0.1) is 0 Å². The van der Waals surface area contributed by atoms with E-state index in [1.165, 1.54) is 13.0 Å². The van der Waals surface area contributed by atoms with Crippen molar-refractivity contribution in [1.29, 1.82) is 0 Å². The highest BCUT2D eigenvalue weighted by molar-refractivity contribution is 6.30. The van der Waals surface area contributed by atoms with Crippen LogP contribution in [0, 0.1) is 0 Å². The second-order valence-corrected chi connectivity index (χ2v) is 6.88. The molecule has 3 rings (SSSR count). The molecular formula is C23H19ClN2O5. The molecule has 7 nitrogen and oxygen atoms in total. The Labute approximate surface area is 183 Å². The zero-order chi connectivity index (χ0) is 22.2. The largest absolute Gasteiger partial charge is 0.484 e. The van der Waals surface area contributed by atoms with Crippen molar-refractivity contribution in [2.45, 2.75) is 6.92 Å². The minimum Gasteiger partial charge on any atom is -0.484 e. The van der Waals surface area contributed by atoms with E-state index in [0.717, 1.165) is 0 Å². The third-order valence-corrected chi connectivity index (χ3v) is 4.22. The summed E-state index contributed by atoms with van der Waals surface area (Å²) in [5.41, 5.74) is 1.44. The van der Waals surface area contributed by atoms with Gasteiger partial charge in [0.15, 0.2) is 6.61 Å². The summed E-state index contributed by atoms with van der Waals surface area (Å²) in [6.45, 7) is 1.13. The summed E-state index contributed by atoms with van der Waals surface area (Å²) >= 11 is 5.81. The molecule has 8 heteroatoms. The molecule has 0 aliphatic rings. The lowest BCUT2D eigenvalue weighted by Gasteiger charge is -2.10. The van der Waals surface area contributed by atoms with Gasteiger partial charge in [-0.05, 0) is 66.7 Å². The molecule has 0 spiro atoms. The SMILES string of the molecule is CC(=O)Oc1cccc(C(=O)Nc2ccc(NC(=O)COc3ccc(Cl)cc3)cc2)c1. The highest BCUT2D eigenvalue weighted by Gasteiger charge is 2.09. The molecule has 2 N–H and O–H groups in total. The van der Waals surface area contributed by atoms with Crippen molar-refractivity contribution in [2.24, 2.45) is 0 Å². The summed E-state index contributed by atoms with van der Waals surface area (Å²) < 4.78 is 10.4. The second kappa shape index (κ2) is 10.3. The van der Waals surface area contributed by atoms with Crippen LogP contribution < -0.4 is 20.1 Å². The molecule has 158 valence electrons. The lowest BCUT2D eigenvalue weighted by atomic mass is 10.2. The first-order chi connectivity index (χ1) is 14.9. The molecule has 31 heavy (non-hydrogen) atoms. The third kappa shape index (κ3) is 6.87. The normalized spacial score (nSPS) is 10.1. The van der Waals surface area contributed by atoms with E-state index in [2.05, 4.69) is 10.6 Å². The van der Waals surface area contributed by atoms with E-state index in [-0.39, 0.29) is 18.4 Å². The lowest BCUT2D eigenvalue weighted by molar-refractivity contribution is -0.131. The van der Waals surface area contributed by atoms with Gasteiger partial charge in [0, 0.05) is 28.9 Å². The number of benzene rings is 3. The Bertz CT molecular complexity index is 1080. The standard InChI is InChI=1S/C23H19ClN2O5/c1-15(27)31-21-4-2-3-16(13-21)23(29)26-19-9-7-18(8-10-19)25-22(28)14-30-20-11-5-17(24)6-12-20/h2-13H,14H2,1H3,(H,25,28)(H,26,29). The number of ether oxygens (including phenoxy) is 2. The fraction of sp³-hybridized carbons (Fsp3) is 0.0870. The number of halogens is 1. The van der Waals surface area contributed by atoms with Gasteiger partial charge in [-0.3, -0.25) is 14.4 Å². The number of nitrogens with one attached hydrogen (secondary N) is 2. The molecule has 3 aromatic carbocycles. The Morgan fingerprint density at radius 2 is 1.48 bits per heavy atom. The molecule has 0 saturated carbocycles. The summed E-state index contributed by atoms with van der Waals surface area (Å²) in [4.78, 5) is 35.5. The Hall–Kier alpha value is -3.84. The van der Waals surface area contributed by atoms with E-state index >= 15 is 0 Å². The van der Waals surface area contributed by atoms with Crippen molar-refractivity contribution in [3.63, 3.8) is 0 Å². The van der Waals surface area contributed by atoms with Crippen LogP contribution in [-0.4, -0.2) is 24.4 Å². The van der Waals surface area contributed by atoms with Gasteiger partial charge in [0.2, 0.25) is 0 Å². The third-order valence-electron chi connectivity index (χ3n) is 3.97. The number of carbonyl (C=O) groups is 3. The van der Waals surface area contributed by atoms with E-state index < -0.39 is 5.97 Å². The van der Waals surface area contributed by atoms with Crippen LogP contribution in [0.4, 0.5) is 11.4 Å². The monoisotopic (exact) mass is 438 g/mol.